The molecule has 1 heterocycles. The van der Waals surface area contributed by atoms with E-state index in [4.69, 9.17) is 5.26 Å². The molecule has 4 nitrogen and oxygen atoms in total. The van der Waals surface area contributed by atoms with E-state index in [9.17, 15) is 5.11 Å². The second kappa shape index (κ2) is 6.87. The number of hydrogen-bond donors (Lipinski definition) is 1. The van der Waals surface area contributed by atoms with Crippen molar-refractivity contribution in [2.45, 2.75) is 26.5 Å². The Balaban J connectivity index is 2.39. The van der Waals surface area contributed by atoms with Crippen LogP contribution < -0.4 is 4.90 Å². The van der Waals surface area contributed by atoms with Crippen LogP contribution >= 0.6 is 0 Å². The molecule has 0 bridgehead atoms. The number of anilines is 1. The molecule has 2 rings (SSSR count). The predicted octanol–water partition coefficient (Wildman–Crippen LogP) is 3.03. The minimum Gasteiger partial charge on any atom is -0.389 e. The van der Waals surface area contributed by atoms with Crippen molar-refractivity contribution in [2.75, 3.05) is 11.4 Å². The fourth-order valence-corrected chi connectivity index (χ4v) is 2.32. The Kier molecular flexibility index (Phi) is 4.91. The van der Waals surface area contributed by atoms with Crippen molar-refractivity contribution in [1.82, 2.24) is 4.98 Å². The Bertz CT molecular complexity index is 632. The summed E-state index contributed by atoms with van der Waals surface area (Å²) >= 11 is 0. The quantitative estimate of drug-likeness (QED) is 0.915. The lowest BCUT2D eigenvalue weighted by atomic mass is 10.0. The van der Waals surface area contributed by atoms with Crippen LogP contribution in [0.1, 0.15) is 36.6 Å². The van der Waals surface area contributed by atoms with Crippen molar-refractivity contribution in [3.63, 3.8) is 0 Å². The van der Waals surface area contributed by atoms with Gasteiger partial charge < -0.3 is 10.0 Å². The molecule has 1 N–H and O–H groups in total. The topological polar surface area (TPSA) is 60.2 Å². The molecular formula is C17H19N3O. The van der Waals surface area contributed by atoms with Crippen molar-refractivity contribution < 1.29 is 5.11 Å². The molecule has 1 aromatic carbocycles. The summed E-state index contributed by atoms with van der Waals surface area (Å²) in [7, 11) is 0. The number of nitrogens with zero attached hydrogens (tertiary/aromatic N) is 3. The van der Waals surface area contributed by atoms with Gasteiger partial charge in [0.2, 0.25) is 0 Å². The van der Waals surface area contributed by atoms with Gasteiger partial charge in [-0.1, -0.05) is 6.07 Å². The largest absolute Gasteiger partial charge is 0.389 e. The van der Waals surface area contributed by atoms with E-state index in [2.05, 4.69) is 22.9 Å². The van der Waals surface area contributed by atoms with E-state index in [1.54, 1.807) is 25.4 Å². The fourth-order valence-electron chi connectivity index (χ4n) is 2.32. The maximum Gasteiger partial charge on any atom is 0.0992 e. The Hall–Kier alpha value is -2.38. The number of benzene rings is 1. The summed E-state index contributed by atoms with van der Waals surface area (Å²) in [6, 6.07) is 11.5. The van der Waals surface area contributed by atoms with E-state index in [1.165, 1.54) is 0 Å². The number of nitriles is 1. The van der Waals surface area contributed by atoms with Crippen LogP contribution in [-0.2, 0) is 6.54 Å². The molecular weight excluding hydrogens is 262 g/mol. The second-order valence-corrected chi connectivity index (χ2v) is 4.93. The highest BCUT2D eigenvalue weighted by molar-refractivity contribution is 5.58. The van der Waals surface area contributed by atoms with Crippen LogP contribution in [-0.4, -0.2) is 16.6 Å². The first kappa shape index (κ1) is 15.0. The number of rotatable bonds is 5. The van der Waals surface area contributed by atoms with Crippen molar-refractivity contribution in [3.8, 4) is 6.07 Å². The van der Waals surface area contributed by atoms with Crippen LogP contribution in [0.2, 0.25) is 0 Å². The Labute approximate surface area is 125 Å². The van der Waals surface area contributed by atoms with Crippen LogP contribution in [0, 0.1) is 11.3 Å². The van der Waals surface area contributed by atoms with Crippen LogP contribution in [0.4, 0.5) is 5.69 Å². The van der Waals surface area contributed by atoms with Gasteiger partial charge in [-0.05, 0) is 43.7 Å². The van der Waals surface area contributed by atoms with Crippen LogP contribution in [0.25, 0.3) is 0 Å². The smallest absolute Gasteiger partial charge is 0.0992 e. The van der Waals surface area contributed by atoms with Gasteiger partial charge in [-0.2, -0.15) is 5.26 Å². The zero-order valence-electron chi connectivity index (χ0n) is 12.3. The number of hydrogen-bond acceptors (Lipinski definition) is 4. The molecule has 0 saturated carbocycles. The standard InChI is InChI=1S/C17H19N3O/c1-3-20(12-14-6-8-19-9-7-14)17-10-15(11-18)4-5-16(17)13(2)21/h4-10,13,21H,3,12H2,1-2H3/t13-/m1/s1. The van der Waals surface area contributed by atoms with Gasteiger partial charge in [0.05, 0.1) is 17.7 Å². The molecule has 4 heteroatoms. The van der Waals surface area contributed by atoms with Crippen molar-refractivity contribution in [1.29, 1.82) is 5.26 Å². The first-order chi connectivity index (χ1) is 10.2. The predicted molar refractivity (Wildman–Crippen MR) is 82.8 cm³/mol. The third kappa shape index (κ3) is 3.59. The lowest BCUT2D eigenvalue weighted by Crippen LogP contribution is -2.24. The Morgan fingerprint density at radius 3 is 2.57 bits per heavy atom. The molecule has 1 atom stereocenters. The van der Waals surface area contributed by atoms with Crippen LogP contribution in [0.15, 0.2) is 42.7 Å². The fraction of sp³-hybridized carbons (Fsp3) is 0.294. The minimum absolute atomic E-state index is 0.570. The van der Waals surface area contributed by atoms with E-state index in [1.807, 2.05) is 24.3 Å². The van der Waals surface area contributed by atoms with E-state index in [0.717, 1.165) is 23.4 Å². The average molecular weight is 281 g/mol. The van der Waals surface area contributed by atoms with Crippen LogP contribution in [0.3, 0.4) is 0 Å². The molecule has 0 amide bonds. The molecule has 0 spiro atoms. The molecule has 1 aromatic heterocycles. The zero-order chi connectivity index (χ0) is 15.2. The summed E-state index contributed by atoms with van der Waals surface area (Å²) in [5.74, 6) is 0. The van der Waals surface area contributed by atoms with Gasteiger partial charge in [0, 0.05) is 36.7 Å². The molecule has 0 radical (unpaired) electrons. The lowest BCUT2D eigenvalue weighted by Gasteiger charge is -2.27. The Morgan fingerprint density at radius 1 is 1.29 bits per heavy atom. The molecule has 0 aliphatic heterocycles. The van der Waals surface area contributed by atoms with E-state index < -0.39 is 6.10 Å². The highest BCUT2D eigenvalue weighted by atomic mass is 16.3. The molecule has 0 unspecified atom stereocenters. The minimum atomic E-state index is -0.570. The van der Waals surface area contributed by atoms with Gasteiger partial charge in [-0.15, -0.1) is 0 Å². The van der Waals surface area contributed by atoms with Gasteiger partial charge in [0.25, 0.3) is 0 Å². The Morgan fingerprint density at radius 2 is 2.00 bits per heavy atom. The summed E-state index contributed by atoms with van der Waals surface area (Å²) in [6.07, 6.45) is 2.97. The monoisotopic (exact) mass is 281 g/mol. The van der Waals surface area contributed by atoms with Gasteiger partial charge >= 0.3 is 0 Å². The second-order valence-electron chi connectivity index (χ2n) is 4.93. The maximum atomic E-state index is 9.96. The summed E-state index contributed by atoms with van der Waals surface area (Å²) in [5.41, 5.74) is 3.49. The highest BCUT2D eigenvalue weighted by Gasteiger charge is 2.14. The summed E-state index contributed by atoms with van der Waals surface area (Å²) < 4.78 is 0. The van der Waals surface area contributed by atoms with Gasteiger partial charge in [0.1, 0.15) is 0 Å². The van der Waals surface area contributed by atoms with Crippen molar-refractivity contribution in [2.24, 2.45) is 0 Å². The molecule has 108 valence electrons. The summed E-state index contributed by atoms with van der Waals surface area (Å²) in [4.78, 5) is 6.17. The number of aliphatic hydroxyl groups excluding tert-OH is 1. The maximum absolute atomic E-state index is 9.96. The van der Waals surface area contributed by atoms with E-state index in [-0.39, 0.29) is 0 Å². The highest BCUT2D eigenvalue weighted by Crippen LogP contribution is 2.28. The first-order valence-corrected chi connectivity index (χ1v) is 7.01. The van der Waals surface area contributed by atoms with Gasteiger partial charge in [-0.25, -0.2) is 0 Å². The normalized spacial score (nSPS) is 11.7. The average Bonchev–Trinajstić information content (AvgIpc) is 2.52. The van der Waals surface area contributed by atoms with Gasteiger partial charge in [0.15, 0.2) is 0 Å². The molecule has 0 fully saturated rings. The van der Waals surface area contributed by atoms with Crippen LogP contribution in [0.5, 0.6) is 0 Å². The lowest BCUT2D eigenvalue weighted by molar-refractivity contribution is 0.199. The summed E-state index contributed by atoms with van der Waals surface area (Å²) in [5, 5.41) is 19.1. The SMILES string of the molecule is CCN(Cc1ccncc1)c1cc(C#N)ccc1[C@@H](C)O. The number of aromatic nitrogens is 1. The molecule has 0 saturated heterocycles. The summed E-state index contributed by atoms with van der Waals surface area (Å²) in [6.45, 7) is 5.31. The molecule has 2 aromatic rings. The van der Waals surface area contributed by atoms with E-state index >= 15 is 0 Å². The third-order valence-electron chi connectivity index (χ3n) is 3.45. The first-order valence-electron chi connectivity index (χ1n) is 7.01. The molecule has 21 heavy (non-hydrogen) atoms. The van der Waals surface area contributed by atoms with E-state index in [0.29, 0.717) is 12.1 Å². The van der Waals surface area contributed by atoms with Gasteiger partial charge in [-0.3, -0.25) is 4.98 Å². The zero-order valence-corrected chi connectivity index (χ0v) is 12.3. The van der Waals surface area contributed by atoms with Crippen molar-refractivity contribution in [3.05, 3.63) is 59.4 Å². The van der Waals surface area contributed by atoms with Crippen molar-refractivity contribution >= 4 is 5.69 Å². The number of aliphatic hydroxyl groups is 1. The third-order valence-corrected chi connectivity index (χ3v) is 3.45. The molecule has 0 aliphatic carbocycles. The number of pyridine rings is 1. The molecule has 0 aliphatic rings.